The van der Waals surface area contributed by atoms with Gasteiger partial charge in [-0.15, -0.1) is 11.3 Å². The topological polar surface area (TPSA) is 71.1 Å². The summed E-state index contributed by atoms with van der Waals surface area (Å²) in [4.78, 5) is 5.14. The molecule has 0 unspecified atom stereocenters. The summed E-state index contributed by atoms with van der Waals surface area (Å²) in [5.41, 5.74) is 3.28. The molecule has 0 aliphatic rings. The Morgan fingerprint density at radius 2 is 1.89 bits per heavy atom. The molecule has 7 heteroatoms. The predicted molar refractivity (Wildman–Crippen MR) is 74.3 cm³/mol. The Bertz CT molecular complexity index is 592. The molecule has 2 aromatic rings. The third kappa shape index (κ3) is 4.01. The largest absolute Gasteiger partial charge is 0.380 e. The summed E-state index contributed by atoms with van der Waals surface area (Å²) >= 11 is 1.59. The van der Waals surface area contributed by atoms with Gasteiger partial charge in [-0.3, -0.25) is 9.71 Å². The highest BCUT2D eigenvalue weighted by atomic mass is 32.2. The van der Waals surface area contributed by atoms with Crippen molar-refractivity contribution in [2.45, 2.75) is 6.54 Å². The molecule has 0 aliphatic carbocycles. The Labute approximate surface area is 110 Å². The van der Waals surface area contributed by atoms with Gasteiger partial charge >= 0.3 is 0 Å². The van der Waals surface area contributed by atoms with Crippen LogP contribution in [0.25, 0.3) is 0 Å². The molecule has 0 amide bonds. The summed E-state index contributed by atoms with van der Waals surface area (Å²) in [6, 6.07) is 7.09. The van der Waals surface area contributed by atoms with Crippen molar-refractivity contribution in [3.05, 3.63) is 40.8 Å². The van der Waals surface area contributed by atoms with E-state index < -0.39 is 10.0 Å². The van der Waals surface area contributed by atoms with Gasteiger partial charge in [0.25, 0.3) is 0 Å². The second-order valence-electron chi connectivity index (χ2n) is 3.77. The van der Waals surface area contributed by atoms with Crippen molar-refractivity contribution in [2.24, 2.45) is 0 Å². The van der Waals surface area contributed by atoms with Gasteiger partial charge in [-0.05, 0) is 24.3 Å². The number of thiazole rings is 1. The van der Waals surface area contributed by atoms with Crippen molar-refractivity contribution in [1.82, 2.24) is 4.98 Å². The van der Waals surface area contributed by atoms with E-state index >= 15 is 0 Å². The molecule has 18 heavy (non-hydrogen) atoms. The normalized spacial score (nSPS) is 11.2. The van der Waals surface area contributed by atoms with E-state index in [9.17, 15) is 8.42 Å². The second-order valence-corrected chi connectivity index (χ2v) is 6.49. The fourth-order valence-corrected chi connectivity index (χ4v) is 2.49. The molecule has 0 saturated heterocycles. The van der Waals surface area contributed by atoms with Gasteiger partial charge in [-0.25, -0.2) is 8.42 Å². The van der Waals surface area contributed by atoms with Crippen molar-refractivity contribution in [2.75, 3.05) is 16.3 Å². The lowest BCUT2D eigenvalue weighted by molar-refractivity contribution is 0.607. The zero-order valence-electron chi connectivity index (χ0n) is 9.75. The van der Waals surface area contributed by atoms with E-state index in [0.717, 1.165) is 16.8 Å². The third-order valence-corrected chi connectivity index (χ3v) is 3.52. The van der Waals surface area contributed by atoms with Gasteiger partial charge in [-0.2, -0.15) is 0 Å². The fraction of sp³-hybridized carbons (Fsp3) is 0.182. The van der Waals surface area contributed by atoms with E-state index in [1.165, 1.54) is 0 Å². The predicted octanol–water partition coefficient (Wildman–Crippen LogP) is 2.13. The van der Waals surface area contributed by atoms with E-state index in [-0.39, 0.29) is 0 Å². The third-order valence-electron chi connectivity index (χ3n) is 2.14. The van der Waals surface area contributed by atoms with E-state index in [0.29, 0.717) is 12.2 Å². The molecule has 5 nitrogen and oxygen atoms in total. The number of rotatable bonds is 5. The maximum atomic E-state index is 11.0. The molecule has 0 bridgehead atoms. The minimum atomic E-state index is -3.21. The number of benzene rings is 1. The lowest BCUT2D eigenvalue weighted by Crippen LogP contribution is -2.09. The van der Waals surface area contributed by atoms with Gasteiger partial charge in [0.15, 0.2) is 0 Å². The Kier molecular flexibility index (Phi) is 3.83. The summed E-state index contributed by atoms with van der Waals surface area (Å²) < 4.78 is 24.5. The highest BCUT2D eigenvalue weighted by Crippen LogP contribution is 2.16. The number of nitrogens with zero attached hydrogens (tertiary/aromatic N) is 1. The molecule has 2 N–H and O–H groups in total. The van der Waals surface area contributed by atoms with Gasteiger partial charge in [0.05, 0.1) is 18.3 Å². The smallest absolute Gasteiger partial charge is 0.229 e. The molecule has 0 spiro atoms. The molecule has 1 aromatic carbocycles. The number of hydrogen-bond acceptors (Lipinski definition) is 5. The molecular weight excluding hydrogens is 270 g/mol. The first kappa shape index (κ1) is 12.8. The molecular formula is C11H13N3O2S2. The van der Waals surface area contributed by atoms with Crippen molar-refractivity contribution in [1.29, 1.82) is 0 Å². The standard InChI is InChI=1S/C11H13N3O2S2/c1-18(15,16)14-10-4-2-9(3-5-10)13-7-11-6-12-8-17-11/h2-6,8,13-14H,7H2,1H3. The molecule has 0 saturated carbocycles. The first-order valence-electron chi connectivity index (χ1n) is 5.22. The van der Waals surface area contributed by atoms with Gasteiger partial charge in [-0.1, -0.05) is 0 Å². The maximum Gasteiger partial charge on any atom is 0.229 e. The molecule has 0 aliphatic heterocycles. The van der Waals surface area contributed by atoms with Crippen LogP contribution in [0.2, 0.25) is 0 Å². The SMILES string of the molecule is CS(=O)(=O)Nc1ccc(NCc2cncs2)cc1. The van der Waals surface area contributed by atoms with Gasteiger partial charge in [0, 0.05) is 22.4 Å². The van der Waals surface area contributed by atoms with Crippen molar-refractivity contribution in [3.63, 3.8) is 0 Å². The number of sulfonamides is 1. The zero-order chi connectivity index (χ0) is 13.0. The molecule has 96 valence electrons. The quantitative estimate of drug-likeness (QED) is 0.882. The van der Waals surface area contributed by atoms with Crippen molar-refractivity contribution >= 4 is 32.7 Å². The van der Waals surface area contributed by atoms with E-state index in [2.05, 4.69) is 15.0 Å². The van der Waals surface area contributed by atoms with Gasteiger partial charge in [0.1, 0.15) is 0 Å². The Hall–Kier alpha value is -1.60. The number of anilines is 2. The molecule has 1 aromatic heterocycles. The summed E-state index contributed by atoms with van der Waals surface area (Å²) in [7, 11) is -3.21. The summed E-state index contributed by atoms with van der Waals surface area (Å²) in [6.07, 6.45) is 2.94. The maximum absolute atomic E-state index is 11.0. The van der Waals surface area contributed by atoms with Crippen LogP contribution < -0.4 is 10.0 Å². The second kappa shape index (κ2) is 5.36. The molecule has 0 fully saturated rings. The van der Waals surface area contributed by atoms with Crippen LogP contribution in [0.15, 0.2) is 36.0 Å². The first-order valence-corrected chi connectivity index (χ1v) is 7.99. The Morgan fingerprint density at radius 1 is 1.22 bits per heavy atom. The Morgan fingerprint density at radius 3 is 2.44 bits per heavy atom. The average Bonchev–Trinajstić information content (AvgIpc) is 2.79. The van der Waals surface area contributed by atoms with E-state index in [1.807, 2.05) is 18.3 Å². The lowest BCUT2D eigenvalue weighted by Gasteiger charge is -2.07. The highest BCUT2D eigenvalue weighted by Gasteiger charge is 2.01. The van der Waals surface area contributed by atoms with E-state index in [4.69, 9.17) is 0 Å². The first-order chi connectivity index (χ1) is 8.53. The number of aromatic nitrogens is 1. The minimum Gasteiger partial charge on any atom is -0.380 e. The fourth-order valence-electron chi connectivity index (χ4n) is 1.39. The van der Waals surface area contributed by atoms with Crippen LogP contribution in [0.3, 0.4) is 0 Å². The molecule has 0 radical (unpaired) electrons. The molecule has 0 atom stereocenters. The van der Waals surface area contributed by atoms with Crippen molar-refractivity contribution in [3.8, 4) is 0 Å². The lowest BCUT2D eigenvalue weighted by atomic mass is 10.3. The number of nitrogens with one attached hydrogen (secondary N) is 2. The van der Waals surface area contributed by atoms with Crippen LogP contribution in [-0.4, -0.2) is 19.7 Å². The van der Waals surface area contributed by atoms with Crippen LogP contribution in [0.5, 0.6) is 0 Å². The van der Waals surface area contributed by atoms with Crippen LogP contribution in [0.4, 0.5) is 11.4 Å². The summed E-state index contributed by atoms with van der Waals surface area (Å²) in [6.45, 7) is 0.712. The van der Waals surface area contributed by atoms with Crippen LogP contribution in [-0.2, 0) is 16.6 Å². The Balaban J connectivity index is 1.95. The van der Waals surface area contributed by atoms with Crippen LogP contribution in [0.1, 0.15) is 4.88 Å². The van der Waals surface area contributed by atoms with Crippen molar-refractivity contribution < 1.29 is 8.42 Å². The monoisotopic (exact) mass is 283 g/mol. The molecule has 2 rings (SSSR count). The van der Waals surface area contributed by atoms with Crippen LogP contribution in [0, 0.1) is 0 Å². The van der Waals surface area contributed by atoms with Gasteiger partial charge in [0.2, 0.25) is 10.0 Å². The molecule has 1 heterocycles. The number of hydrogen-bond donors (Lipinski definition) is 2. The summed E-state index contributed by atoms with van der Waals surface area (Å²) in [5, 5.41) is 3.23. The highest BCUT2D eigenvalue weighted by molar-refractivity contribution is 7.92. The van der Waals surface area contributed by atoms with Crippen LogP contribution >= 0.6 is 11.3 Å². The minimum absolute atomic E-state index is 0.556. The van der Waals surface area contributed by atoms with Gasteiger partial charge < -0.3 is 5.32 Å². The van der Waals surface area contributed by atoms with E-state index in [1.54, 1.807) is 29.0 Å². The zero-order valence-corrected chi connectivity index (χ0v) is 11.4. The average molecular weight is 283 g/mol. The summed E-state index contributed by atoms with van der Waals surface area (Å²) in [5.74, 6) is 0.